The molecule has 138 valence electrons. The third-order valence-corrected chi connectivity index (χ3v) is 5.12. The van der Waals surface area contributed by atoms with Gasteiger partial charge in [-0.1, -0.05) is 12.5 Å². The number of hydrogen-bond donors (Lipinski definition) is 0. The van der Waals surface area contributed by atoms with Crippen molar-refractivity contribution >= 4 is 11.8 Å². The quantitative estimate of drug-likeness (QED) is 0.502. The Balaban J connectivity index is 2.14. The highest BCUT2D eigenvalue weighted by atomic mass is 16.6. The Hall–Kier alpha value is -1.88. The van der Waals surface area contributed by atoms with Gasteiger partial charge < -0.3 is 9.47 Å². The molecule has 25 heavy (non-hydrogen) atoms. The lowest BCUT2D eigenvalue weighted by atomic mass is 9.82. The van der Waals surface area contributed by atoms with Crippen LogP contribution in [0.3, 0.4) is 0 Å². The zero-order valence-corrected chi connectivity index (χ0v) is 15.9. The van der Waals surface area contributed by atoms with Crippen molar-refractivity contribution in [2.75, 3.05) is 7.11 Å². The van der Waals surface area contributed by atoms with Crippen molar-refractivity contribution in [1.29, 1.82) is 0 Å². The highest BCUT2D eigenvalue weighted by Crippen LogP contribution is 2.39. The van der Waals surface area contributed by atoms with Gasteiger partial charge in [-0.2, -0.15) is 0 Å². The fraction of sp³-hybridized carbons (Fsp3) is 0.600. The van der Waals surface area contributed by atoms with Gasteiger partial charge in [0, 0.05) is 0 Å². The van der Waals surface area contributed by atoms with E-state index in [4.69, 9.17) is 9.47 Å². The molecule has 1 aromatic rings. The summed E-state index contributed by atoms with van der Waals surface area (Å²) in [5.74, 6) is 0.500. The average Bonchev–Trinajstić information content (AvgIpc) is 2.56. The number of nitro benzene ring substituents is 1. The molecule has 0 heterocycles. The summed E-state index contributed by atoms with van der Waals surface area (Å²) < 4.78 is 11.4. The normalized spacial score (nSPS) is 21.1. The molecule has 1 saturated carbocycles. The smallest absolute Gasteiger partial charge is 0.280 e. The van der Waals surface area contributed by atoms with Crippen molar-refractivity contribution in [3.05, 3.63) is 39.4 Å². The SMILES string of the molecule is CCC(C)(C)OC1(C)CCC(=Cc2ccc(OC)cc2[N+](=O)[O-])CC1. The number of nitrogens with zero attached hydrogens (tertiary/aromatic N) is 1. The van der Waals surface area contributed by atoms with E-state index in [1.165, 1.54) is 18.7 Å². The van der Waals surface area contributed by atoms with E-state index in [1.54, 1.807) is 12.1 Å². The first-order valence-corrected chi connectivity index (χ1v) is 8.90. The van der Waals surface area contributed by atoms with Gasteiger partial charge in [0.25, 0.3) is 5.69 Å². The Morgan fingerprint density at radius 2 is 1.96 bits per heavy atom. The van der Waals surface area contributed by atoms with E-state index in [1.807, 2.05) is 6.08 Å². The Labute approximate surface area is 150 Å². The second-order valence-electron chi connectivity index (χ2n) is 7.65. The molecule has 0 atom stereocenters. The summed E-state index contributed by atoms with van der Waals surface area (Å²) in [6.45, 7) is 8.58. The monoisotopic (exact) mass is 347 g/mol. The number of ether oxygens (including phenoxy) is 2. The van der Waals surface area contributed by atoms with E-state index in [0.717, 1.165) is 32.1 Å². The highest BCUT2D eigenvalue weighted by Gasteiger charge is 2.34. The summed E-state index contributed by atoms with van der Waals surface area (Å²) in [7, 11) is 1.51. The topological polar surface area (TPSA) is 61.6 Å². The fourth-order valence-electron chi connectivity index (χ4n) is 3.24. The van der Waals surface area contributed by atoms with Crippen LogP contribution in [0.2, 0.25) is 0 Å². The minimum absolute atomic E-state index is 0.0866. The maximum atomic E-state index is 11.3. The summed E-state index contributed by atoms with van der Waals surface area (Å²) >= 11 is 0. The molecule has 0 unspecified atom stereocenters. The van der Waals surface area contributed by atoms with Crippen LogP contribution in [0.1, 0.15) is 65.4 Å². The minimum atomic E-state index is -0.352. The van der Waals surface area contributed by atoms with E-state index in [2.05, 4.69) is 27.7 Å². The van der Waals surface area contributed by atoms with Gasteiger partial charge >= 0.3 is 0 Å². The van der Waals surface area contributed by atoms with Crippen molar-refractivity contribution in [2.45, 2.75) is 71.0 Å². The molecule has 5 heteroatoms. The predicted octanol–water partition coefficient (Wildman–Crippen LogP) is 5.52. The molecule has 0 N–H and O–H groups in total. The predicted molar refractivity (Wildman–Crippen MR) is 100.0 cm³/mol. The molecule has 5 nitrogen and oxygen atoms in total. The lowest BCUT2D eigenvalue weighted by molar-refractivity contribution is -0.385. The van der Waals surface area contributed by atoms with E-state index >= 15 is 0 Å². The molecule has 0 aromatic heterocycles. The molecule has 0 spiro atoms. The lowest BCUT2D eigenvalue weighted by Crippen LogP contribution is -2.40. The van der Waals surface area contributed by atoms with Crippen LogP contribution in [0.15, 0.2) is 23.8 Å². The first-order valence-electron chi connectivity index (χ1n) is 8.90. The van der Waals surface area contributed by atoms with Crippen molar-refractivity contribution < 1.29 is 14.4 Å². The Morgan fingerprint density at radius 1 is 1.32 bits per heavy atom. The van der Waals surface area contributed by atoms with Gasteiger partial charge in [0.2, 0.25) is 0 Å². The van der Waals surface area contributed by atoms with Gasteiger partial charge in [-0.15, -0.1) is 0 Å². The summed E-state index contributed by atoms with van der Waals surface area (Å²) in [6, 6.07) is 5.00. The van der Waals surface area contributed by atoms with E-state index < -0.39 is 0 Å². The standard InChI is InChI=1S/C20H29NO4/c1-6-19(2,3)25-20(4)11-9-15(10-12-20)13-16-7-8-17(24-5)14-18(16)21(22)23/h7-8,13-14H,6,9-12H2,1-5H3. The zero-order valence-electron chi connectivity index (χ0n) is 15.9. The molecular formula is C20H29NO4. The van der Waals surface area contributed by atoms with Crippen LogP contribution in [-0.4, -0.2) is 23.2 Å². The first-order chi connectivity index (χ1) is 11.7. The Kier molecular flexibility index (Phi) is 5.88. The van der Waals surface area contributed by atoms with Crippen LogP contribution >= 0.6 is 0 Å². The van der Waals surface area contributed by atoms with Crippen molar-refractivity contribution in [3.63, 3.8) is 0 Å². The third kappa shape index (κ3) is 5.05. The highest BCUT2D eigenvalue weighted by molar-refractivity contribution is 5.64. The molecule has 1 aliphatic rings. The summed E-state index contributed by atoms with van der Waals surface area (Å²) in [5.41, 5.74) is 1.72. The van der Waals surface area contributed by atoms with Crippen LogP contribution < -0.4 is 4.74 Å². The van der Waals surface area contributed by atoms with Gasteiger partial charge in [-0.05, 0) is 71.1 Å². The largest absolute Gasteiger partial charge is 0.497 e. The Morgan fingerprint density at radius 3 is 2.48 bits per heavy atom. The van der Waals surface area contributed by atoms with E-state index in [0.29, 0.717) is 11.3 Å². The summed E-state index contributed by atoms with van der Waals surface area (Å²) in [5, 5.41) is 11.3. The van der Waals surface area contributed by atoms with Crippen molar-refractivity contribution in [2.24, 2.45) is 0 Å². The van der Waals surface area contributed by atoms with Gasteiger partial charge in [-0.3, -0.25) is 10.1 Å². The molecule has 1 aliphatic carbocycles. The van der Waals surface area contributed by atoms with E-state index in [-0.39, 0.29) is 21.8 Å². The molecule has 0 radical (unpaired) electrons. The molecule has 0 aliphatic heterocycles. The number of hydrogen-bond acceptors (Lipinski definition) is 4. The number of nitro groups is 1. The summed E-state index contributed by atoms with van der Waals surface area (Å²) in [4.78, 5) is 11.0. The van der Waals surface area contributed by atoms with Crippen LogP contribution in [0, 0.1) is 10.1 Å². The van der Waals surface area contributed by atoms with Crippen molar-refractivity contribution in [3.8, 4) is 5.75 Å². The second kappa shape index (κ2) is 7.56. The maximum absolute atomic E-state index is 11.3. The van der Waals surface area contributed by atoms with Crippen LogP contribution in [0.25, 0.3) is 6.08 Å². The number of benzene rings is 1. The second-order valence-corrected chi connectivity index (χ2v) is 7.65. The zero-order chi connectivity index (χ0) is 18.7. The average molecular weight is 347 g/mol. The van der Waals surface area contributed by atoms with Crippen LogP contribution in [0.4, 0.5) is 5.69 Å². The maximum Gasteiger partial charge on any atom is 0.280 e. The molecule has 1 fully saturated rings. The Bertz CT molecular complexity index is 654. The van der Waals surface area contributed by atoms with Gasteiger partial charge in [0.15, 0.2) is 0 Å². The van der Waals surface area contributed by atoms with Gasteiger partial charge in [0.05, 0.1) is 34.9 Å². The van der Waals surface area contributed by atoms with Crippen LogP contribution in [0.5, 0.6) is 5.75 Å². The molecule has 0 amide bonds. The van der Waals surface area contributed by atoms with Crippen LogP contribution in [-0.2, 0) is 4.74 Å². The number of methoxy groups -OCH3 is 1. The number of rotatable bonds is 6. The van der Waals surface area contributed by atoms with Gasteiger partial charge in [-0.25, -0.2) is 0 Å². The van der Waals surface area contributed by atoms with E-state index in [9.17, 15) is 10.1 Å². The lowest BCUT2D eigenvalue weighted by Gasteiger charge is -2.41. The van der Waals surface area contributed by atoms with Gasteiger partial charge in [0.1, 0.15) is 5.75 Å². The summed E-state index contributed by atoms with van der Waals surface area (Å²) in [6.07, 6.45) is 6.61. The third-order valence-electron chi connectivity index (χ3n) is 5.12. The van der Waals surface area contributed by atoms with Crippen molar-refractivity contribution in [1.82, 2.24) is 0 Å². The minimum Gasteiger partial charge on any atom is -0.497 e. The molecule has 1 aromatic carbocycles. The number of allylic oxidation sites excluding steroid dienone is 1. The molecule has 0 saturated heterocycles. The molecule has 2 rings (SSSR count). The first kappa shape index (κ1) is 19.4. The molecule has 0 bridgehead atoms. The fourth-order valence-corrected chi connectivity index (χ4v) is 3.24. The molecular weight excluding hydrogens is 318 g/mol.